The Morgan fingerprint density at radius 2 is 1.48 bits per heavy atom. The minimum absolute atomic E-state index is 0.0129. The molecule has 0 amide bonds. The van der Waals surface area contributed by atoms with Crippen LogP contribution >= 0.6 is 0 Å². The monoisotopic (exact) mass is 645 g/mol. The van der Waals surface area contributed by atoms with Crippen LogP contribution in [0.2, 0.25) is 0 Å². The van der Waals surface area contributed by atoms with Gasteiger partial charge in [0.2, 0.25) is 5.79 Å². The molecule has 0 N–H and O–H groups in total. The number of nitrogens with zero attached hydrogens (tertiary/aromatic N) is 1. The van der Waals surface area contributed by atoms with Crippen LogP contribution in [0.15, 0.2) is 66.4 Å². The number of benzene rings is 3. The van der Waals surface area contributed by atoms with Gasteiger partial charge < -0.3 is 14.4 Å². The number of ether oxygens (including phenoxy) is 2. The fourth-order valence-electron chi connectivity index (χ4n) is 8.89. The molecule has 0 saturated heterocycles. The van der Waals surface area contributed by atoms with Gasteiger partial charge in [-0.15, -0.1) is 0 Å². The second-order valence-corrected chi connectivity index (χ2v) is 16.7. The van der Waals surface area contributed by atoms with Crippen LogP contribution in [0, 0.1) is 31.6 Å². The molecule has 6 rings (SSSR count). The maximum atomic E-state index is 7.05. The number of hydrogen-bond donors (Lipinski definition) is 0. The molecule has 0 spiro atoms. The van der Waals surface area contributed by atoms with Gasteiger partial charge in [-0.3, -0.25) is 0 Å². The van der Waals surface area contributed by atoms with Crippen molar-refractivity contribution in [2.45, 2.75) is 126 Å². The molecule has 3 aliphatic rings. The van der Waals surface area contributed by atoms with Crippen LogP contribution in [0.5, 0.6) is 0 Å². The predicted octanol–water partition coefficient (Wildman–Crippen LogP) is 12.2. The molecular weight excluding hydrogens is 587 g/mol. The fourth-order valence-corrected chi connectivity index (χ4v) is 8.89. The minimum Gasteiger partial charge on any atom is -0.463 e. The fraction of sp³-hybridized carbons (Fsp3) is 0.511. The molecular formula is C45H59NO2. The predicted molar refractivity (Wildman–Crippen MR) is 203 cm³/mol. The highest BCUT2D eigenvalue weighted by atomic mass is 16.7. The van der Waals surface area contributed by atoms with E-state index in [4.69, 9.17) is 9.47 Å². The third kappa shape index (κ3) is 6.17. The van der Waals surface area contributed by atoms with Crippen LogP contribution in [-0.4, -0.2) is 12.6 Å². The summed E-state index contributed by atoms with van der Waals surface area (Å²) in [7, 11) is 0. The van der Waals surface area contributed by atoms with Crippen molar-refractivity contribution in [3.63, 3.8) is 0 Å². The number of fused-ring (bicyclic) bond motifs is 4. The van der Waals surface area contributed by atoms with Crippen LogP contribution in [0.1, 0.15) is 133 Å². The molecule has 0 radical (unpaired) electrons. The molecule has 1 aliphatic carbocycles. The van der Waals surface area contributed by atoms with Gasteiger partial charge >= 0.3 is 0 Å². The summed E-state index contributed by atoms with van der Waals surface area (Å²) in [4.78, 5) is 2.64. The smallest absolute Gasteiger partial charge is 0.235 e. The minimum atomic E-state index is -0.890. The van der Waals surface area contributed by atoms with Gasteiger partial charge in [-0.25, -0.2) is 0 Å². The Kier molecular flexibility index (Phi) is 9.26. The van der Waals surface area contributed by atoms with E-state index in [1.54, 1.807) is 0 Å². The number of anilines is 1. The molecule has 0 fully saturated rings. The van der Waals surface area contributed by atoms with Crippen LogP contribution in [0.3, 0.4) is 0 Å². The van der Waals surface area contributed by atoms with Gasteiger partial charge in [0.05, 0.1) is 17.9 Å². The summed E-state index contributed by atoms with van der Waals surface area (Å²) < 4.78 is 14.0. The molecule has 2 heterocycles. The van der Waals surface area contributed by atoms with Crippen LogP contribution in [-0.2, 0) is 20.7 Å². The van der Waals surface area contributed by atoms with E-state index in [0.29, 0.717) is 17.8 Å². The maximum absolute atomic E-state index is 7.05. The lowest BCUT2D eigenvalue weighted by molar-refractivity contribution is -0.248. The molecule has 256 valence electrons. The zero-order chi connectivity index (χ0) is 34.7. The third-order valence-electron chi connectivity index (χ3n) is 10.7. The third-order valence-corrected chi connectivity index (χ3v) is 10.7. The first-order valence-corrected chi connectivity index (χ1v) is 18.6. The first-order valence-electron chi connectivity index (χ1n) is 18.6. The van der Waals surface area contributed by atoms with Gasteiger partial charge in [-0.05, 0) is 109 Å². The van der Waals surface area contributed by atoms with Crippen molar-refractivity contribution in [1.82, 2.24) is 0 Å². The Morgan fingerprint density at radius 3 is 2.15 bits per heavy atom. The summed E-state index contributed by atoms with van der Waals surface area (Å²) in [5.74, 6) is 1.73. The summed E-state index contributed by atoms with van der Waals surface area (Å²) in [5, 5.41) is 0. The van der Waals surface area contributed by atoms with Crippen molar-refractivity contribution in [3.8, 4) is 11.1 Å². The first-order chi connectivity index (χ1) is 22.6. The highest BCUT2D eigenvalue weighted by Crippen LogP contribution is 2.54. The molecule has 2 unspecified atom stereocenters. The SMILES string of the molecule is CCN1c2cc3c(cc2C(CC(C)C)=CC1c1cc(C)cc(C)c1[C@@]1(C)OC(CC(C)C)=CC(CC(C)C)O1)-c1ccccc1C3(C)C. The van der Waals surface area contributed by atoms with Gasteiger partial charge in [0.25, 0.3) is 0 Å². The lowest BCUT2D eigenvalue weighted by Gasteiger charge is -2.44. The molecule has 3 aromatic carbocycles. The number of likely N-dealkylation sites (N-methyl/N-ethyl adjacent to an activating group) is 1. The van der Waals surface area contributed by atoms with E-state index in [1.807, 2.05) is 0 Å². The van der Waals surface area contributed by atoms with Gasteiger partial charge in [0.15, 0.2) is 0 Å². The zero-order valence-corrected chi connectivity index (χ0v) is 31.8. The van der Waals surface area contributed by atoms with Gasteiger partial charge in [0, 0.05) is 42.1 Å². The molecule has 3 aromatic rings. The van der Waals surface area contributed by atoms with E-state index in [-0.39, 0.29) is 17.6 Å². The van der Waals surface area contributed by atoms with Gasteiger partial charge in [-0.1, -0.05) is 103 Å². The van der Waals surface area contributed by atoms with Crippen LogP contribution in [0.25, 0.3) is 16.7 Å². The van der Waals surface area contributed by atoms with Crippen LogP contribution in [0.4, 0.5) is 5.69 Å². The highest BCUT2D eigenvalue weighted by Gasteiger charge is 2.43. The summed E-state index contributed by atoms with van der Waals surface area (Å²) in [6.45, 7) is 28.4. The van der Waals surface area contributed by atoms with Crippen LogP contribution < -0.4 is 4.90 Å². The van der Waals surface area contributed by atoms with Crippen molar-refractivity contribution < 1.29 is 9.47 Å². The van der Waals surface area contributed by atoms with Crippen molar-refractivity contribution in [2.75, 3.05) is 11.4 Å². The second-order valence-electron chi connectivity index (χ2n) is 16.7. The van der Waals surface area contributed by atoms with Crippen molar-refractivity contribution in [2.24, 2.45) is 17.8 Å². The summed E-state index contributed by atoms with van der Waals surface area (Å²) in [6, 6.07) is 18.8. The Balaban J connectivity index is 1.54. The molecule has 0 aromatic heterocycles. The van der Waals surface area contributed by atoms with Crippen molar-refractivity contribution in [3.05, 3.63) is 105 Å². The molecule has 48 heavy (non-hydrogen) atoms. The average Bonchev–Trinajstić information content (AvgIpc) is 3.20. The molecule has 3 atom stereocenters. The van der Waals surface area contributed by atoms with E-state index >= 15 is 0 Å². The van der Waals surface area contributed by atoms with E-state index < -0.39 is 5.79 Å². The lowest BCUT2D eigenvalue weighted by atomic mass is 9.79. The van der Waals surface area contributed by atoms with Crippen molar-refractivity contribution >= 4 is 11.3 Å². The van der Waals surface area contributed by atoms with Crippen molar-refractivity contribution in [1.29, 1.82) is 0 Å². The zero-order valence-electron chi connectivity index (χ0n) is 31.8. The van der Waals surface area contributed by atoms with E-state index in [0.717, 1.165) is 31.6 Å². The molecule has 3 nitrogen and oxygen atoms in total. The maximum Gasteiger partial charge on any atom is 0.235 e. The van der Waals surface area contributed by atoms with E-state index in [1.165, 1.54) is 61.3 Å². The average molecular weight is 646 g/mol. The first kappa shape index (κ1) is 34.6. The summed E-state index contributed by atoms with van der Waals surface area (Å²) in [6.07, 6.45) is 7.76. The van der Waals surface area contributed by atoms with Gasteiger partial charge in [0.1, 0.15) is 0 Å². The highest BCUT2D eigenvalue weighted by molar-refractivity contribution is 5.90. The summed E-state index contributed by atoms with van der Waals surface area (Å²) in [5.41, 5.74) is 14.7. The lowest BCUT2D eigenvalue weighted by Crippen LogP contribution is -2.41. The number of aryl methyl sites for hydroxylation is 2. The standard InChI is InChI=1S/C45H59NO2/c1-13-46-41(23-32(18-27(2)3)36-25-37-35-16-14-15-17-39(35)44(10,11)40(37)26-42(36)46)38-22-30(8)21-31(9)43(38)45(12)47-33(19-28(4)5)24-34(48-45)20-29(6)7/h14-17,21-29,33,41H,13,18-20H2,1-12H3/t33?,41?,45-/m1/s1. The normalized spacial score (nSPS) is 22.8. The Bertz CT molecular complexity index is 1750. The number of rotatable bonds is 9. The molecule has 0 saturated carbocycles. The van der Waals surface area contributed by atoms with E-state index in [2.05, 4.69) is 149 Å². The second kappa shape index (κ2) is 12.9. The Morgan fingerprint density at radius 1 is 0.771 bits per heavy atom. The molecule has 3 heteroatoms. The largest absolute Gasteiger partial charge is 0.463 e. The quantitative estimate of drug-likeness (QED) is 0.231. The number of hydrogen-bond acceptors (Lipinski definition) is 3. The Labute approximate surface area is 291 Å². The van der Waals surface area contributed by atoms with E-state index in [9.17, 15) is 0 Å². The summed E-state index contributed by atoms with van der Waals surface area (Å²) >= 11 is 0. The molecule has 0 bridgehead atoms. The number of allylic oxidation sites excluding steroid dienone is 2. The molecule has 2 aliphatic heterocycles. The topological polar surface area (TPSA) is 21.7 Å². The van der Waals surface area contributed by atoms with Gasteiger partial charge in [-0.2, -0.15) is 0 Å². The Hall–Kier alpha value is -3.30.